The van der Waals surface area contributed by atoms with Gasteiger partial charge in [-0.25, -0.2) is 4.39 Å². The van der Waals surface area contributed by atoms with Crippen molar-refractivity contribution in [1.82, 2.24) is 10.2 Å². The lowest BCUT2D eigenvalue weighted by Gasteiger charge is -2.38. The fraction of sp³-hybridized carbons (Fsp3) is 0.241. The minimum atomic E-state index is -0.945. The van der Waals surface area contributed by atoms with Crippen LogP contribution in [0, 0.1) is 18.7 Å². The Morgan fingerprint density at radius 3 is 2.76 bits per heavy atom. The van der Waals surface area contributed by atoms with Gasteiger partial charge >= 0.3 is 0 Å². The van der Waals surface area contributed by atoms with Gasteiger partial charge in [0.2, 0.25) is 0 Å². The first-order valence-electron chi connectivity index (χ1n) is 11.4. The number of aryl methyl sites for hydroxylation is 1. The average Bonchev–Trinajstić information content (AvgIpc) is 3.16. The maximum Gasteiger partial charge on any atom is 0.254 e. The van der Waals surface area contributed by atoms with Crippen LogP contribution >= 0.6 is 0 Å². The molecule has 1 aliphatic carbocycles. The Bertz CT molecular complexity index is 1230. The molecular formula is C29H29FN2O2. The maximum atomic E-state index is 13.6. The number of rotatable bonds is 8. The van der Waals surface area contributed by atoms with Crippen LogP contribution in [0.4, 0.5) is 4.39 Å². The highest BCUT2D eigenvalue weighted by Crippen LogP contribution is 2.33. The van der Waals surface area contributed by atoms with Gasteiger partial charge in [0.1, 0.15) is 12.1 Å². The van der Waals surface area contributed by atoms with Crippen LogP contribution in [0.3, 0.4) is 0 Å². The zero-order chi connectivity index (χ0) is 24.3. The van der Waals surface area contributed by atoms with Crippen molar-refractivity contribution < 1.29 is 14.0 Å². The van der Waals surface area contributed by atoms with E-state index in [2.05, 4.69) is 43.1 Å². The molecule has 0 saturated heterocycles. The van der Waals surface area contributed by atoms with E-state index < -0.39 is 11.4 Å². The molecule has 1 amide bonds. The lowest BCUT2D eigenvalue weighted by Crippen LogP contribution is -2.58. The van der Waals surface area contributed by atoms with Gasteiger partial charge < -0.3 is 15.0 Å². The number of carbonyl (C=O) groups excluding carboxylic acids is 2. The van der Waals surface area contributed by atoms with Gasteiger partial charge in [-0.15, -0.1) is 0 Å². The fourth-order valence-electron chi connectivity index (χ4n) is 4.73. The van der Waals surface area contributed by atoms with Gasteiger partial charge in [-0.05, 0) is 66.4 Å². The van der Waals surface area contributed by atoms with E-state index in [1.54, 1.807) is 24.1 Å². The molecule has 0 spiro atoms. The third-order valence-corrected chi connectivity index (χ3v) is 6.86. The van der Waals surface area contributed by atoms with Crippen LogP contribution in [-0.2, 0) is 11.3 Å². The Balaban J connectivity index is 1.53. The second kappa shape index (κ2) is 9.74. The summed E-state index contributed by atoms with van der Waals surface area (Å²) in [4.78, 5) is 26.9. The van der Waals surface area contributed by atoms with Gasteiger partial charge in [0.15, 0.2) is 0 Å². The second-order valence-electron chi connectivity index (χ2n) is 8.90. The number of nitrogens with zero attached hydrogens (tertiary/aromatic N) is 1. The summed E-state index contributed by atoms with van der Waals surface area (Å²) in [7, 11) is 1.74. The van der Waals surface area contributed by atoms with Crippen molar-refractivity contribution >= 4 is 23.8 Å². The van der Waals surface area contributed by atoms with E-state index in [0.29, 0.717) is 18.5 Å². The zero-order valence-corrected chi connectivity index (χ0v) is 19.6. The van der Waals surface area contributed by atoms with Crippen LogP contribution in [0.5, 0.6) is 0 Å². The first kappa shape index (κ1) is 23.6. The number of benzene rings is 2. The summed E-state index contributed by atoms with van der Waals surface area (Å²) in [5, 5.41) is 3.18. The summed E-state index contributed by atoms with van der Waals surface area (Å²) in [5.41, 5.74) is 4.74. The predicted octanol–water partition coefficient (Wildman–Crippen LogP) is 5.11. The summed E-state index contributed by atoms with van der Waals surface area (Å²) >= 11 is 0. The summed E-state index contributed by atoms with van der Waals surface area (Å²) in [6, 6.07) is 10.6. The van der Waals surface area contributed by atoms with Crippen LogP contribution in [0.2, 0.25) is 0 Å². The maximum absolute atomic E-state index is 13.6. The Morgan fingerprint density at radius 1 is 1.26 bits per heavy atom. The molecule has 4 rings (SSSR count). The van der Waals surface area contributed by atoms with Crippen molar-refractivity contribution in [2.75, 3.05) is 13.6 Å². The van der Waals surface area contributed by atoms with Crippen molar-refractivity contribution in [2.45, 2.75) is 25.4 Å². The van der Waals surface area contributed by atoms with E-state index in [4.69, 9.17) is 0 Å². The zero-order valence-electron chi connectivity index (χ0n) is 19.6. The van der Waals surface area contributed by atoms with E-state index >= 15 is 0 Å². The monoisotopic (exact) mass is 456 g/mol. The van der Waals surface area contributed by atoms with Crippen LogP contribution in [0.15, 0.2) is 73.4 Å². The number of hydrogen-bond acceptors (Lipinski definition) is 3. The molecule has 0 aromatic heterocycles. The van der Waals surface area contributed by atoms with E-state index in [-0.39, 0.29) is 18.4 Å². The van der Waals surface area contributed by atoms with E-state index in [9.17, 15) is 14.0 Å². The number of fused-ring (bicyclic) bond motifs is 1. The molecule has 2 aromatic rings. The molecule has 0 bridgehead atoms. The summed E-state index contributed by atoms with van der Waals surface area (Å²) in [5.74, 6) is -0.805. The van der Waals surface area contributed by atoms with E-state index in [1.807, 2.05) is 24.3 Å². The first-order chi connectivity index (χ1) is 16.4. The van der Waals surface area contributed by atoms with Crippen molar-refractivity contribution in [1.29, 1.82) is 0 Å². The molecule has 0 saturated carbocycles. The van der Waals surface area contributed by atoms with Crippen LogP contribution < -0.4 is 5.32 Å². The number of carbonyl (C=O) groups is 2. The second-order valence-corrected chi connectivity index (χ2v) is 8.90. The largest absolute Gasteiger partial charge is 0.332 e. The topological polar surface area (TPSA) is 49.4 Å². The van der Waals surface area contributed by atoms with Gasteiger partial charge in [0.05, 0.1) is 5.54 Å². The smallest absolute Gasteiger partial charge is 0.254 e. The molecule has 2 atom stereocenters. The highest BCUT2D eigenvalue weighted by Gasteiger charge is 2.41. The molecule has 4 nitrogen and oxygen atoms in total. The average molecular weight is 457 g/mol. The Morgan fingerprint density at radius 2 is 2.09 bits per heavy atom. The summed E-state index contributed by atoms with van der Waals surface area (Å²) in [6.07, 6.45) is 13.5. The third kappa shape index (κ3) is 4.44. The standard InChI is InChI=1S/C29H29FN2O2/c1-4-5-6-22-15-23(8-7-20(22)2)21-9-12-25(13-10-21)29(19-33,31-3)18-32-17-24-11-14-26(30)16-27(24)28(32)34/h4-12,14-16,19,25,31H,1,13,17-18H2,2-3H3/b6-5-/t25?,29-/m0/s1. The van der Waals surface area contributed by atoms with Gasteiger partial charge in [0, 0.05) is 24.6 Å². The number of aldehydes is 1. The molecule has 5 heteroatoms. The normalized spacial score (nSPS) is 19.1. The Hall–Kier alpha value is -3.57. The lowest BCUT2D eigenvalue weighted by atomic mass is 9.78. The molecule has 1 N–H and O–H groups in total. The van der Waals surface area contributed by atoms with Crippen molar-refractivity contribution in [2.24, 2.45) is 5.92 Å². The highest BCUT2D eigenvalue weighted by atomic mass is 19.1. The number of likely N-dealkylation sites (N-methyl/N-ethyl adjacent to an activating group) is 1. The van der Waals surface area contributed by atoms with Gasteiger partial charge in [-0.3, -0.25) is 4.79 Å². The lowest BCUT2D eigenvalue weighted by molar-refractivity contribution is -0.115. The predicted molar refractivity (Wildman–Crippen MR) is 135 cm³/mol. The van der Waals surface area contributed by atoms with Crippen LogP contribution in [0.25, 0.3) is 11.6 Å². The van der Waals surface area contributed by atoms with Crippen LogP contribution in [0.1, 0.15) is 39.0 Å². The molecule has 0 radical (unpaired) electrons. The minimum absolute atomic E-state index is 0.127. The quantitative estimate of drug-likeness (QED) is 0.444. The number of amides is 1. The molecule has 34 heavy (non-hydrogen) atoms. The molecule has 1 heterocycles. The van der Waals surface area contributed by atoms with Gasteiger partial charge in [0.25, 0.3) is 5.91 Å². The molecule has 174 valence electrons. The number of nitrogens with one attached hydrogen (secondary N) is 1. The molecule has 1 aliphatic heterocycles. The SMILES string of the molecule is C=C/C=C\c1cc(C2=CCC([C@@](C=O)(CN3Cc4ccc(F)cc4C3=O)NC)C=C2)ccc1C. The van der Waals surface area contributed by atoms with E-state index in [0.717, 1.165) is 28.5 Å². The third-order valence-electron chi connectivity index (χ3n) is 6.86. The highest BCUT2D eigenvalue weighted by molar-refractivity contribution is 5.98. The van der Waals surface area contributed by atoms with E-state index in [1.165, 1.54) is 17.7 Å². The molecule has 1 unspecified atom stereocenters. The van der Waals surface area contributed by atoms with Crippen molar-refractivity contribution in [3.8, 4) is 0 Å². The Kier molecular flexibility index (Phi) is 6.75. The first-order valence-corrected chi connectivity index (χ1v) is 11.4. The molecule has 2 aliphatic rings. The summed E-state index contributed by atoms with van der Waals surface area (Å²) in [6.45, 7) is 6.39. The van der Waals surface area contributed by atoms with Gasteiger partial charge in [-0.2, -0.15) is 0 Å². The van der Waals surface area contributed by atoms with Crippen LogP contribution in [-0.4, -0.2) is 36.2 Å². The number of hydrogen-bond donors (Lipinski definition) is 1. The molecule has 2 aromatic carbocycles. The number of halogens is 1. The molecular weight excluding hydrogens is 427 g/mol. The molecule has 0 fully saturated rings. The Labute approximate surface area is 200 Å². The summed E-state index contributed by atoms with van der Waals surface area (Å²) < 4.78 is 13.6. The number of allylic oxidation sites excluding steroid dienone is 5. The van der Waals surface area contributed by atoms with Crippen molar-refractivity contribution in [3.63, 3.8) is 0 Å². The fourth-order valence-corrected chi connectivity index (χ4v) is 4.73. The van der Waals surface area contributed by atoms with Gasteiger partial charge in [-0.1, -0.05) is 61.2 Å². The van der Waals surface area contributed by atoms with Crippen molar-refractivity contribution in [3.05, 3.63) is 107 Å². The minimum Gasteiger partial charge on any atom is -0.332 e.